The maximum Gasteiger partial charge on any atom is 0.243 e. The summed E-state index contributed by atoms with van der Waals surface area (Å²) in [6, 6.07) is 7.84. The van der Waals surface area contributed by atoms with Gasteiger partial charge < -0.3 is 15.0 Å². The SMILES string of the molecule is CCCC(N)c1nc(C2CCOc3ccccc32)no1. The van der Waals surface area contributed by atoms with Gasteiger partial charge in [-0.15, -0.1) is 0 Å². The van der Waals surface area contributed by atoms with E-state index in [0.29, 0.717) is 18.3 Å². The monoisotopic (exact) mass is 273 g/mol. The maximum absolute atomic E-state index is 6.02. The van der Waals surface area contributed by atoms with Crippen molar-refractivity contribution < 1.29 is 9.26 Å². The third kappa shape index (κ3) is 2.41. The van der Waals surface area contributed by atoms with Crippen molar-refractivity contribution in [3.8, 4) is 5.75 Å². The molecule has 0 fully saturated rings. The van der Waals surface area contributed by atoms with E-state index in [1.807, 2.05) is 18.2 Å². The van der Waals surface area contributed by atoms with Crippen LogP contribution in [0.5, 0.6) is 5.75 Å². The van der Waals surface area contributed by atoms with Crippen LogP contribution < -0.4 is 10.5 Å². The van der Waals surface area contributed by atoms with Gasteiger partial charge >= 0.3 is 0 Å². The molecular formula is C15H19N3O2. The van der Waals surface area contributed by atoms with Crippen molar-refractivity contribution in [3.63, 3.8) is 0 Å². The van der Waals surface area contributed by atoms with Crippen LogP contribution >= 0.6 is 0 Å². The summed E-state index contributed by atoms with van der Waals surface area (Å²) in [5, 5.41) is 4.12. The van der Waals surface area contributed by atoms with Gasteiger partial charge in [-0.2, -0.15) is 4.98 Å². The average Bonchev–Trinajstić information content (AvgIpc) is 2.97. The third-order valence-corrected chi connectivity index (χ3v) is 3.64. The second-order valence-corrected chi connectivity index (χ2v) is 5.11. The number of nitrogens with two attached hydrogens (primary N) is 1. The smallest absolute Gasteiger partial charge is 0.243 e. The van der Waals surface area contributed by atoms with Crippen LogP contribution in [0.2, 0.25) is 0 Å². The van der Waals surface area contributed by atoms with E-state index in [1.165, 1.54) is 0 Å². The van der Waals surface area contributed by atoms with E-state index in [2.05, 4.69) is 23.1 Å². The molecule has 0 amide bonds. The summed E-state index contributed by atoms with van der Waals surface area (Å²) >= 11 is 0. The van der Waals surface area contributed by atoms with Crippen molar-refractivity contribution in [2.24, 2.45) is 5.73 Å². The Kier molecular flexibility index (Phi) is 3.69. The molecule has 2 aromatic rings. The first-order valence-electron chi connectivity index (χ1n) is 7.10. The molecule has 0 radical (unpaired) electrons. The number of rotatable bonds is 4. The molecule has 0 spiro atoms. The molecule has 0 bridgehead atoms. The van der Waals surface area contributed by atoms with E-state index in [9.17, 15) is 0 Å². The van der Waals surface area contributed by atoms with Crippen LogP contribution in [0.1, 0.15) is 55.4 Å². The fourth-order valence-corrected chi connectivity index (χ4v) is 2.58. The molecular weight excluding hydrogens is 254 g/mol. The Morgan fingerprint density at radius 2 is 2.25 bits per heavy atom. The zero-order valence-corrected chi connectivity index (χ0v) is 11.6. The highest BCUT2D eigenvalue weighted by molar-refractivity contribution is 5.40. The number of nitrogens with zero attached hydrogens (tertiary/aromatic N) is 2. The molecule has 1 aliphatic heterocycles. The molecule has 2 N–H and O–H groups in total. The predicted molar refractivity (Wildman–Crippen MR) is 74.5 cm³/mol. The molecule has 2 atom stereocenters. The second kappa shape index (κ2) is 5.63. The van der Waals surface area contributed by atoms with Gasteiger partial charge in [0.05, 0.1) is 18.6 Å². The van der Waals surface area contributed by atoms with Crippen LogP contribution in [0.4, 0.5) is 0 Å². The van der Waals surface area contributed by atoms with Gasteiger partial charge in [0.2, 0.25) is 5.89 Å². The fraction of sp³-hybridized carbons (Fsp3) is 0.467. The van der Waals surface area contributed by atoms with Crippen molar-refractivity contribution in [2.75, 3.05) is 6.61 Å². The maximum atomic E-state index is 6.02. The Balaban J connectivity index is 1.87. The van der Waals surface area contributed by atoms with Crippen LogP contribution in [-0.4, -0.2) is 16.7 Å². The molecule has 1 aromatic heterocycles. The number of hydrogen-bond acceptors (Lipinski definition) is 5. The highest BCUT2D eigenvalue weighted by Crippen LogP contribution is 2.36. The van der Waals surface area contributed by atoms with Crippen molar-refractivity contribution in [1.82, 2.24) is 10.1 Å². The van der Waals surface area contributed by atoms with Gasteiger partial charge in [-0.05, 0) is 18.9 Å². The molecule has 20 heavy (non-hydrogen) atoms. The standard InChI is InChI=1S/C15H19N3O2/c1-2-5-12(16)15-17-14(18-20-15)11-8-9-19-13-7-4-3-6-10(11)13/h3-4,6-7,11-12H,2,5,8-9,16H2,1H3. The number of aromatic nitrogens is 2. The second-order valence-electron chi connectivity index (χ2n) is 5.11. The normalized spacial score (nSPS) is 19.2. The van der Waals surface area contributed by atoms with Crippen LogP contribution in [0, 0.1) is 0 Å². The number of fused-ring (bicyclic) bond motifs is 1. The first-order chi connectivity index (χ1) is 9.79. The zero-order valence-electron chi connectivity index (χ0n) is 11.6. The minimum absolute atomic E-state index is 0.131. The van der Waals surface area contributed by atoms with Gasteiger partial charge in [0.15, 0.2) is 5.82 Å². The van der Waals surface area contributed by atoms with E-state index in [-0.39, 0.29) is 12.0 Å². The number of hydrogen-bond donors (Lipinski definition) is 1. The van der Waals surface area contributed by atoms with E-state index < -0.39 is 0 Å². The Labute approximate surface area is 118 Å². The summed E-state index contributed by atoms with van der Waals surface area (Å²) in [4.78, 5) is 4.49. The fourth-order valence-electron chi connectivity index (χ4n) is 2.58. The zero-order chi connectivity index (χ0) is 13.9. The van der Waals surface area contributed by atoms with Crippen LogP contribution in [0.15, 0.2) is 28.8 Å². The first-order valence-corrected chi connectivity index (χ1v) is 7.10. The quantitative estimate of drug-likeness (QED) is 0.927. The molecule has 1 aliphatic rings. The lowest BCUT2D eigenvalue weighted by Gasteiger charge is -2.23. The summed E-state index contributed by atoms with van der Waals surface area (Å²) < 4.78 is 11.0. The minimum atomic E-state index is -0.170. The average molecular weight is 273 g/mol. The molecule has 5 nitrogen and oxygen atoms in total. The van der Waals surface area contributed by atoms with Crippen LogP contribution in [0.25, 0.3) is 0 Å². The van der Waals surface area contributed by atoms with Crippen molar-refractivity contribution >= 4 is 0 Å². The summed E-state index contributed by atoms with van der Waals surface area (Å²) in [5.74, 6) is 2.28. The van der Waals surface area contributed by atoms with Crippen molar-refractivity contribution in [3.05, 3.63) is 41.5 Å². The van der Waals surface area contributed by atoms with E-state index in [1.54, 1.807) is 0 Å². The number of benzene rings is 1. The van der Waals surface area contributed by atoms with E-state index in [4.69, 9.17) is 15.0 Å². The highest BCUT2D eigenvalue weighted by Gasteiger charge is 2.27. The molecule has 3 rings (SSSR count). The van der Waals surface area contributed by atoms with Gasteiger partial charge in [-0.25, -0.2) is 0 Å². The largest absolute Gasteiger partial charge is 0.493 e. The predicted octanol–water partition coefficient (Wildman–Crippen LogP) is 2.78. The molecule has 2 unspecified atom stereocenters. The molecule has 1 aromatic carbocycles. The summed E-state index contributed by atoms with van der Waals surface area (Å²) in [6.45, 7) is 2.76. The highest BCUT2D eigenvalue weighted by atomic mass is 16.5. The third-order valence-electron chi connectivity index (χ3n) is 3.64. The molecule has 2 heterocycles. The Bertz CT molecular complexity index is 582. The molecule has 0 saturated heterocycles. The summed E-state index contributed by atoms with van der Waals surface area (Å²) in [7, 11) is 0. The van der Waals surface area contributed by atoms with E-state index in [0.717, 1.165) is 30.6 Å². The van der Waals surface area contributed by atoms with Gasteiger partial charge in [-0.3, -0.25) is 0 Å². The lowest BCUT2D eigenvalue weighted by molar-refractivity contribution is 0.271. The van der Waals surface area contributed by atoms with Gasteiger partial charge in [-0.1, -0.05) is 36.7 Å². The number of para-hydroxylation sites is 1. The Hall–Kier alpha value is -1.88. The number of ether oxygens (including phenoxy) is 1. The van der Waals surface area contributed by atoms with Crippen LogP contribution in [0.3, 0.4) is 0 Å². The van der Waals surface area contributed by atoms with Crippen LogP contribution in [-0.2, 0) is 0 Å². The van der Waals surface area contributed by atoms with Crippen molar-refractivity contribution in [2.45, 2.75) is 38.1 Å². The Morgan fingerprint density at radius 1 is 1.40 bits per heavy atom. The summed E-state index contributed by atoms with van der Waals surface area (Å²) in [6.07, 6.45) is 2.71. The van der Waals surface area contributed by atoms with Gasteiger partial charge in [0, 0.05) is 5.56 Å². The van der Waals surface area contributed by atoms with E-state index >= 15 is 0 Å². The minimum Gasteiger partial charge on any atom is -0.493 e. The van der Waals surface area contributed by atoms with Crippen molar-refractivity contribution in [1.29, 1.82) is 0 Å². The topological polar surface area (TPSA) is 74.2 Å². The van der Waals surface area contributed by atoms with Gasteiger partial charge in [0.1, 0.15) is 5.75 Å². The Morgan fingerprint density at radius 3 is 3.10 bits per heavy atom. The molecule has 106 valence electrons. The molecule has 0 aliphatic carbocycles. The first kappa shape index (κ1) is 13.1. The van der Waals surface area contributed by atoms with Gasteiger partial charge in [0.25, 0.3) is 0 Å². The summed E-state index contributed by atoms with van der Waals surface area (Å²) in [5.41, 5.74) is 7.14. The molecule has 5 heteroatoms. The lowest BCUT2D eigenvalue weighted by atomic mass is 9.92. The lowest BCUT2D eigenvalue weighted by Crippen LogP contribution is -2.16. The molecule has 0 saturated carbocycles.